The van der Waals surface area contributed by atoms with Gasteiger partial charge in [0.2, 0.25) is 0 Å². The van der Waals surface area contributed by atoms with Gasteiger partial charge in [-0.25, -0.2) is 0 Å². The van der Waals surface area contributed by atoms with Crippen LogP contribution in [0.15, 0.2) is 30.5 Å². The summed E-state index contributed by atoms with van der Waals surface area (Å²) in [4.78, 5) is 15.1. The molecule has 2 rings (SSSR count). The molecule has 92 valence electrons. The third-order valence-electron chi connectivity index (χ3n) is 2.83. The van der Waals surface area contributed by atoms with Crippen molar-refractivity contribution in [2.45, 2.75) is 13.8 Å². The maximum atomic E-state index is 12.0. The monoisotopic (exact) mass is 241 g/mol. The van der Waals surface area contributed by atoms with Gasteiger partial charge in [-0.05, 0) is 19.9 Å². The molecule has 1 heterocycles. The van der Waals surface area contributed by atoms with Crippen LogP contribution in [0.25, 0.3) is 10.9 Å². The predicted molar refractivity (Wildman–Crippen MR) is 70.0 cm³/mol. The summed E-state index contributed by atoms with van der Waals surface area (Å²) in [6.07, 6.45) is 1.69. The first-order chi connectivity index (χ1) is 8.53. The van der Waals surface area contributed by atoms with Crippen LogP contribution in [0.3, 0.4) is 0 Å². The number of carbonyl (C=O) groups excluding carboxylic acids is 1. The van der Waals surface area contributed by atoms with Crippen molar-refractivity contribution in [3.63, 3.8) is 0 Å². The zero-order valence-corrected chi connectivity index (χ0v) is 10.4. The number of para-hydroxylation sites is 1. The van der Waals surface area contributed by atoms with Crippen molar-refractivity contribution in [2.24, 2.45) is 5.41 Å². The van der Waals surface area contributed by atoms with Crippen molar-refractivity contribution in [3.05, 3.63) is 36.0 Å². The largest absolute Gasteiger partial charge is 0.360 e. The van der Waals surface area contributed by atoms with Gasteiger partial charge in [-0.1, -0.05) is 18.2 Å². The number of carbonyl (C=O) groups is 1. The van der Waals surface area contributed by atoms with E-state index in [1.54, 1.807) is 20.0 Å². The Morgan fingerprint density at radius 1 is 1.44 bits per heavy atom. The Labute approximate surface area is 106 Å². The number of hydrogen-bond donors (Lipinski definition) is 2. The molecule has 0 unspecified atom stereocenters. The Bertz CT molecular complexity index is 619. The SMILES string of the molecule is CC(C)(C#N)CNC(=O)c1c[nH]c2ccccc12. The van der Waals surface area contributed by atoms with Crippen molar-refractivity contribution in [1.29, 1.82) is 5.26 Å². The molecular weight excluding hydrogens is 226 g/mol. The van der Waals surface area contributed by atoms with Crippen molar-refractivity contribution in [3.8, 4) is 6.07 Å². The lowest BCUT2D eigenvalue weighted by atomic mass is 9.96. The van der Waals surface area contributed by atoms with Crippen LogP contribution in [0.2, 0.25) is 0 Å². The van der Waals surface area contributed by atoms with E-state index in [9.17, 15) is 4.79 Å². The number of benzene rings is 1. The standard InChI is InChI=1S/C14H15N3O/c1-14(2,8-15)9-17-13(18)11-7-16-12-6-4-3-5-10(11)12/h3-7,16H,9H2,1-2H3,(H,17,18). The fourth-order valence-corrected chi connectivity index (χ4v) is 1.70. The van der Waals surface area contributed by atoms with Crippen LogP contribution in [0.1, 0.15) is 24.2 Å². The molecule has 18 heavy (non-hydrogen) atoms. The Kier molecular flexibility index (Phi) is 3.07. The first-order valence-corrected chi connectivity index (χ1v) is 5.79. The summed E-state index contributed by atoms with van der Waals surface area (Å²) in [5.74, 6) is -0.157. The van der Waals surface area contributed by atoms with Crippen molar-refractivity contribution >= 4 is 16.8 Å². The molecule has 0 aliphatic heterocycles. The molecule has 0 spiro atoms. The molecule has 0 saturated carbocycles. The van der Waals surface area contributed by atoms with Gasteiger partial charge < -0.3 is 10.3 Å². The molecule has 0 saturated heterocycles. The molecule has 1 aromatic carbocycles. The predicted octanol–water partition coefficient (Wildman–Crippen LogP) is 2.45. The van der Waals surface area contributed by atoms with Gasteiger partial charge in [0, 0.05) is 23.6 Å². The lowest BCUT2D eigenvalue weighted by Gasteiger charge is -2.15. The molecule has 2 N–H and O–H groups in total. The van der Waals surface area contributed by atoms with E-state index in [0.29, 0.717) is 12.1 Å². The Morgan fingerprint density at radius 2 is 2.17 bits per heavy atom. The lowest BCUT2D eigenvalue weighted by molar-refractivity contribution is 0.0945. The molecule has 1 aromatic heterocycles. The van der Waals surface area contributed by atoms with Gasteiger partial charge in [0.25, 0.3) is 5.91 Å². The Morgan fingerprint density at radius 3 is 2.89 bits per heavy atom. The Balaban J connectivity index is 2.18. The third kappa shape index (κ3) is 2.35. The molecule has 0 fully saturated rings. The van der Waals surface area contributed by atoms with Crippen LogP contribution >= 0.6 is 0 Å². The highest BCUT2D eigenvalue weighted by Gasteiger charge is 2.19. The number of aromatic amines is 1. The number of H-pyrrole nitrogens is 1. The van der Waals surface area contributed by atoms with Crippen LogP contribution < -0.4 is 5.32 Å². The van der Waals surface area contributed by atoms with E-state index in [1.165, 1.54) is 0 Å². The molecule has 4 heteroatoms. The highest BCUT2D eigenvalue weighted by atomic mass is 16.1. The number of amides is 1. The lowest BCUT2D eigenvalue weighted by Crippen LogP contribution is -2.33. The highest BCUT2D eigenvalue weighted by molar-refractivity contribution is 6.06. The first-order valence-electron chi connectivity index (χ1n) is 5.79. The molecule has 0 bridgehead atoms. The zero-order valence-electron chi connectivity index (χ0n) is 10.4. The number of nitrogens with zero attached hydrogens (tertiary/aromatic N) is 1. The van der Waals surface area contributed by atoms with Crippen LogP contribution in [-0.4, -0.2) is 17.4 Å². The smallest absolute Gasteiger partial charge is 0.253 e. The van der Waals surface area contributed by atoms with Gasteiger partial charge in [-0.2, -0.15) is 5.26 Å². The second-order valence-corrected chi connectivity index (χ2v) is 4.93. The number of rotatable bonds is 3. The summed E-state index contributed by atoms with van der Waals surface area (Å²) < 4.78 is 0. The van der Waals surface area contributed by atoms with Crippen molar-refractivity contribution in [2.75, 3.05) is 6.54 Å². The van der Waals surface area contributed by atoms with E-state index >= 15 is 0 Å². The van der Waals surface area contributed by atoms with E-state index in [4.69, 9.17) is 5.26 Å². The second kappa shape index (κ2) is 4.53. The van der Waals surface area contributed by atoms with E-state index < -0.39 is 5.41 Å². The summed E-state index contributed by atoms with van der Waals surface area (Å²) in [5.41, 5.74) is 0.989. The van der Waals surface area contributed by atoms with Crippen LogP contribution in [0.5, 0.6) is 0 Å². The second-order valence-electron chi connectivity index (χ2n) is 4.93. The molecule has 0 aliphatic carbocycles. The van der Waals surface area contributed by atoms with Crippen LogP contribution in [-0.2, 0) is 0 Å². The minimum atomic E-state index is -0.554. The normalized spacial score (nSPS) is 11.2. The van der Waals surface area contributed by atoms with Gasteiger partial charge in [0.1, 0.15) is 0 Å². The molecular formula is C14H15N3O. The van der Waals surface area contributed by atoms with Gasteiger partial charge in [0.15, 0.2) is 0 Å². The number of nitriles is 1. The average Bonchev–Trinajstić information content (AvgIpc) is 2.80. The average molecular weight is 241 g/mol. The molecule has 4 nitrogen and oxygen atoms in total. The summed E-state index contributed by atoms with van der Waals surface area (Å²) in [6, 6.07) is 9.79. The molecule has 1 amide bonds. The van der Waals surface area contributed by atoms with Gasteiger partial charge in [-0.15, -0.1) is 0 Å². The maximum Gasteiger partial charge on any atom is 0.253 e. The van der Waals surface area contributed by atoms with Gasteiger partial charge in [0.05, 0.1) is 17.0 Å². The summed E-state index contributed by atoms with van der Waals surface area (Å²) in [6.45, 7) is 3.92. The topological polar surface area (TPSA) is 68.7 Å². The summed E-state index contributed by atoms with van der Waals surface area (Å²) in [5, 5.41) is 12.6. The first kappa shape index (κ1) is 12.2. The van der Waals surface area contributed by atoms with Crippen LogP contribution in [0.4, 0.5) is 0 Å². The Hall–Kier alpha value is -2.28. The molecule has 2 aromatic rings. The van der Waals surface area contributed by atoms with Crippen molar-refractivity contribution in [1.82, 2.24) is 10.3 Å². The maximum absolute atomic E-state index is 12.0. The minimum Gasteiger partial charge on any atom is -0.360 e. The van der Waals surface area contributed by atoms with Gasteiger partial charge >= 0.3 is 0 Å². The summed E-state index contributed by atoms with van der Waals surface area (Å²) in [7, 11) is 0. The third-order valence-corrected chi connectivity index (χ3v) is 2.83. The zero-order chi connectivity index (χ0) is 13.2. The quantitative estimate of drug-likeness (QED) is 0.866. The number of aromatic nitrogens is 1. The number of nitrogens with one attached hydrogen (secondary N) is 2. The highest BCUT2D eigenvalue weighted by Crippen LogP contribution is 2.18. The fraction of sp³-hybridized carbons (Fsp3) is 0.286. The van der Waals surface area contributed by atoms with E-state index in [-0.39, 0.29) is 5.91 Å². The van der Waals surface area contributed by atoms with E-state index in [2.05, 4.69) is 16.4 Å². The minimum absolute atomic E-state index is 0.157. The number of fused-ring (bicyclic) bond motifs is 1. The van der Waals surface area contributed by atoms with Crippen LogP contribution in [0, 0.1) is 16.7 Å². The van der Waals surface area contributed by atoms with Gasteiger partial charge in [-0.3, -0.25) is 4.79 Å². The van der Waals surface area contributed by atoms with E-state index in [1.807, 2.05) is 24.3 Å². The fourth-order valence-electron chi connectivity index (χ4n) is 1.70. The molecule has 0 atom stereocenters. The van der Waals surface area contributed by atoms with E-state index in [0.717, 1.165) is 10.9 Å². The molecule has 0 aliphatic rings. The number of hydrogen-bond acceptors (Lipinski definition) is 2. The summed E-state index contributed by atoms with van der Waals surface area (Å²) >= 11 is 0. The van der Waals surface area contributed by atoms with Crippen molar-refractivity contribution < 1.29 is 4.79 Å². The molecule has 0 radical (unpaired) electrons.